The van der Waals surface area contributed by atoms with E-state index in [1.807, 2.05) is 19.1 Å². The Morgan fingerprint density at radius 2 is 1.86 bits per heavy atom. The summed E-state index contributed by atoms with van der Waals surface area (Å²) >= 11 is 0. The Morgan fingerprint density at radius 1 is 1.10 bits per heavy atom. The minimum atomic E-state index is -0.921. The Bertz CT molecular complexity index is 644. The van der Waals surface area contributed by atoms with Gasteiger partial charge in [0.2, 0.25) is 0 Å². The van der Waals surface area contributed by atoms with Gasteiger partial charge < -0.3 is 10.6 Å². The number of hydrogen-bond donors (Lipinski definition) is 2. The molecule has 3 nitrogen and oxygen atoms in total. The summed E-state index contributed by atoms with van der Waals surface area (Å²) in [4.78, 5) is 12.1. The molecule has 5 heteroatoms. The molecule has 1 amide bonds. The molecular weight excluding hydrogens is 274 g/mol. The van der Waals surface area contributed by atoms with E-state index in [0.717, 1.165) is 17.8 Å². The van der Waals surface area contributed by atoms with Crippen LogP contribution in [0.15, 0.2) is 42.5 Å². The molecule has 0 heterocycles. The molecule has 0 fully saturated rings. The maximum absolute atomic E-state index is 13.1. The predicted molar refractivity (Wildman–Crippen MR) is 78.1 cm³/mol. The van der Waals surface area contributed by atoms with Gasteiger partial charge in [-0.2, -0.15) is 0 Å². The molecule has 0 bridgehead atoms. The van der Waals surface area contributed by atoms with Gasteiger partial charge in [-0.1, -0.05) is 18.2 Å². The molecular formula is C16H16F2N2O. The Kier molecular flexibility index (Phi) is 4.87. The molecule has 2 aromatic rings. The number of hydrogen-bond acceptors (Lipinski definition) is 2. The highest BCUT2D eigenvalue weighted by molar-refractivity contribution is 5.99. The summed E-state index contributed by atoms with van der Waals surface area (Å²) in [6, 6.07) is 10.7. The third kappa shape index (κ3) is 3.78. The molecule has 0 aliphatic heterocycles. The summed E-state index contributed by atoms with van der Waals surface area (Å²) in [5.74, 6) is -2.09. The molecule has 0 radical (unpaired) electrons. The fourth-order valence-corrected chi connectivity index (χ4v) is 1.95. The van der Waals surface area contributed by atoms with Crippen molar-refractivity contribution in [2.24, 2.45) is 0 Å². The zero-order chi connectivity index (χ0) is 15.2. The van der Waals surface area contributed by atoms with Crippen molar-refractivity contribution in [3.8, 4) is 0 Å². The molecule has 0 spiro atoms. The van der Waals surface area contributed by atoms with Crippen molar-refractivity contribution >= 4 is 11.6 Å². The zero-order valence-corrected chi connectivity index (χ0v) is 11.6. The first-order chi connectivity index (χ1) is 10.1. The van der Waals surface area contributed by atoms with Gasteiger partial charge in [0.25, 0.3) is 5.91 Å². The molecule has 2 aromatic carbocycles. The van der Waals surface area contributed by atoms with E-state index in [0.29, 0.717) is 17.7 Å². The summed E-state index contributed by atoms with van der Waals surface area (Å²) in [7, 11) is 0. The maximum atomic E-state index is 13.1. The summed E-state index contributed by atoms with van der Waals surface area (Å²) in [6.07, 6.45) is 0. The highest BCUT2D eigenvalue weighted by atomic mass is 19.2. The first-order valence-corrected chi connectivity index (χ1v) is 6.67. The van der Waals surface area contributed by atoms with Gasteiger partial charge >= 0.3 is 0 Å². The van der Waals surface area contributed by atoms with Crippen molar-refractivity contribution < 1.29 is 13.6 Å². The van der Waals surface area contributed by atoms with Crippen LogP contribution in [0.25, 0.3) is 0 Å². The molecule has 0 unspecified atom stereocenters. The Morgan fingerprint density at radius 3 is 2.57 bits per heavy atom. The number of nitrogens with one attached hydrogen (secondary N) is 2. The first kappa shape index (κ1) is 15.0. The fourth-order valence-electron chi connectivity index (χ4n) is 1.95. The van der Waals surface area contributed by atoms with E-state index < -0.39 is 11.6 Å². The van der Waals surface area contributed by atoms with E-state index in [1.165, 1.54) is 6.07 Å². The van der Waals surface area contributed by atoms with Crippen molar-refractivity contribution in [1.29, 1.82) is 0 Å². The van der Waals surface area contributed by atoms with E-state index in [4.69, 9.17) is 0 Å². The molecule has 0 atom stereocenters. The van der Waals surface area contributed by atoms with Crippen LogP contribution in [0.5, 0.6) is 0 Å². The number of benzene rings is 2. The van der Waals surface area contributed by atoms with Crippen LogP contribution in [0.3, 0.4) is 0 Å². The lowest BCUT2D eigenvalue weighted by molar-refractivity contribution is 0.0951. The summed E-state index contributed by atoms with van der Waals surface area (Å²) < 4.78 is 25.9. The van der Waals surface area contributed by atoms with E-state index in [9.17, 15) is 13.6 Å². The van der Waals surface area contributed by atoms with Gasteiger partial charge in [-0.3, -0.25) is 4.79 Å². The van der Waals surface area contributed by atoms with Gasteiger partial charge in [-0.05, 0) is 36.8 Å². The number of halogens is 2. The van der Waals surface area contributed by atoms with Crippen molar-refractivity contribution in [3.05, 3.63) is 65.2 Å². The largest absolute Gasteiger partial charge is 0.385 e. The molecule has 2 rings (SSSR count). The third-order valence-corrected chi connectivity index (χ3v) is 2.98. The first-order valence-electron chi connectivity index (χ1n) is 6.67. The fraction of sp³-hybridized carbons (Fsp3) is 0.188. The molecule has 21 heavy (non-hydrogen) atoms. The zero-order valence-electron chi connectivity index (χ0n) is 11.6. The lowest BCUT2D eigenvalue weighted by Crippen LogP contribution is -2.24. The quantitative estimate of drug-likeness (QED) is 0.887. The van der Waals surface area contributed by atoms with E-state index >= 15 is 0 Å². The van der Waals surface area contributed by atoms with Gasteiger partial charge in [-0.25, -0.2) is 8.78 Å². The Labute approximate surface area is 122 Å². The second-order valence-electron chi connectivity index (χ2n) is 4.51. The van der Waals surface area contributed by atoms with Crippen LogP contribution in [0.2, 0.25) is 0 Å². The smallest absolute Gasteiger partial charge is 0.253 e. The molecule has 0 aliphatic rings. The topological polar surface area (TPSA) is 41.1 Å². The van der Waals surface area contributed by atoms with Gasteiger partial charge in [0.15, 0.2) is 11.6 Å². The second-order valence-corrected chi connectivity index (χ2v) is 4.51. The van der Waals surface area contributed by atoms with Crippen LogP contribution < -0.4 is 10.6 Å². The predicted octanol–water partition coefficient (Wildman–Crippen LogP) is 3.33. The second kappa shape index (κ2) is 6.83. The number of anilines is 1. The number of rotatable bonds is 5. The molecule has 110 valence electrons. The number of para-hydroxylation sites is 1. The monoisotopic (exact) mass is 290 g/mol. The van der Waals surface area contributed by atoms with Gasteiger partial charge in [-0.15, -0.1) is 0 Å². The lowest BCUT2D eigenvalue weighted by Gasteiger charge is -2.11. The maximum Gasteiger partial charge on any atom is 0.253 e. The van der Waals surface area contributed by atoms with Crippen LogP contribution >= 0.6 is 0 Å². The Hall–Kier alpha value is -2.43. The van der Waals surface area contributed by atoms with Gasteiger partial charge in [0, 0.05) is 18.8 Å². The highest BCUT2D eigenvalue weighted by Crippen LogP contribution is 2.15. The minimum absolute atomic E-state index is 0.135. The number of carbonyl (C=O) groups excluding carboxylic acids is 1. The normalized spacial score (nSPS) is 10.2. The molecule has 0 saturated carbocycles. The average molecular weight is 290 g/mol. The summed E-state index contributed by atoms with van der Waals surface area (Å²) in [5, 5.41) is 5.79. The van der Waals surface area contributed by atoms with E-state index in [1.54, 1.807) is 12.1 Å². The molecule has 0 aromatic heterocycles. The van der Waals surface area contributed by atoms with Gasteiger partial charge in [0.1, 0.15) is 0 Å². The molecule has 0 aliphatic carbocycles. The Balaban J connectivity index is 2.06. The van der Waals surface area contributed by atoms with Crippen LogP contribution in [0, 0.1) is 11.6 Å². The number of carbonyl (C=O) groups is 1. The minimum Gasteiger partial charge on any atom is -0.385 e. The molecule has 0 saturated heterocycles. The van der Waals surface area contributed by atoms with Crippen LogP contribution in [-0.4, -0.2) is 12.5 Å². The van der Waals surface area contributed by atoms with Crippen LogP contribution in [0.4, 0.5) is 14.5 Å². The lowest BCUT2D eigenvalue weighted by atomic mass is 10.1. The highest BCUT2D eigenvalue weighted by Gasteiger charge is 2.10. The van der Waals surface area contributed by atoms with Crippen molar-refractivity contribution in [3.63, 3.8) is 0 Å². The standard InChI is InChI=1S/C16H16F2N2O/c1-2-19-15-6-4-3-5-12(15)16(21)20-10-11-7-8-13(17)14(18)9-11/h3-9,19H,2,10H2,1H3,(H,20,21). The summed E-state index contributed by atoms with van der Waals surface area (Å²) in [6.45, 7) is 2.78. The van der Waals surface area contributed by atoms with Crippen LogP contribution in [0.1, 0.15) is 22.8 Å². The van der Waals surface area contributed by atoms with Crippen molar-refractivity contribution in [2.75, 3.05) is 11.9 Å². The SMILES string of the molecule is CCNc1ccccc1C(=O)NCc1ccc(F)c(F)c1. The van der Waals surface area contributed by atoms with Crippen molar-refractivity contribution in [2.45, 2.75) is 13.5 Å². The third-order valence-electron chi connectivity index (χ3n) is 2.98. The van der Waals surface area contributed by atoms with Crippen molar-refractivity contribution in [1.82, 2.24) is 5.32 Å². The molecule has 2 N–H and O–H groups in total. The van der Waals surface area contributed by atoms with E-state index in [2.05, 4.69) is 10.6 Å². The van der Waals surface area contributed by atoms with E-state index in [-0.39, 0.29) is 12.5 Å². The summed E-state index contributed by atoms with van der Waals surface area (Å²) in [5.41, 5.74) is 1.76. The average Bonchev–Trinajstić information content (AvgIpc) is 2.49. The van der Waals surface area contributed by atoms with Crippen LogP contribution in [-0.2, 0) is 6.54 Å². The van der Waals surface area contributed by atoms with Gasteiger partial charge in [0.05, 0.1) is 5.56 Å². The number of amides is 1.